The first-order valence-electron chi connectivity index (χ1n) is 12.0. The molecule has 0 aliphatic heterocycles. The summed E-state index contributed by atoms with van der Waals surface area (Å²) in [5, 5.41) is 0. The normalized spacial score (nSPS) is 15.5. The van der Waals surface area contributed by atoms with Gasteiger partial charge in [0.2, 0.25) is 0 Å². The third-order valence-electron chi connectivity index (χ3n) is 6.25. The number of rotatable bonds is 9. The summed E-state index contributed by atoms with van der Waals surface area (Å²) in [6.07, 6.45) is 4.49. The van der Waals surface area contributed by atoms with Gasteiger partial charge in [0, 0.05) is 12.5 Å². The molecular weight excluding hydrogens is 408 g/mol. The minimum Gasteiger partial charge on any atom is -0.488 e. The summed E-state index contributed by atoms with van der Waals surface area (Å²) in [5.41, 5.74) is 3.93. The molecule has 0 spiro atoms. The molecule has 33 heavy (non-hydrogen) atoms. The van der Waals surface area contributed by atoms with Gasteiger partial charge in [-0.1, -0.05) is 87.9 Å². The number of unbranched alkanes of at least 4 members (excludes halogenated alkanes) is 1. The fourth-order valence-electron chi connectivity index (χ4n) is 4.63. The van der Waals surface area contributed by atoms with Crippen molar-refractivity contribution < 1.29 is 14.3 Å². The molecule has 0 bridgehead atoms. The lowest BCUT2D eigenvalue weighted by Gasteiger charge is -2.32. The lowest BCUT2D eigenvalue weighted by Crippen LogP contribution is -2.27. The first kappa shape index (κ1) is 23.1. The van der Waals surface area contributed by atoms with Crippen LogP contribution in [0, 0.1) is 5.41 Å². The highest BCUT2D eigenvalue weighted by atomic mass is 16.5. The number of carbonyl (C=O) groups excluding carboxylic acids is 1. The van der Waals surface area contributed by atoms with Crippen molar-refractivity contribution in [2.24, 2.45) is 5.41 Å². The Labute approximate surface area is 197 Å². The summed E-state index contributed by atoms with van der Waals surface area (Å²) in [5.74, 6) is 1.56. The Hall–Kier alpha value is -3.07. The largest absolute Gasteiger partial charge is 0.488 e. The van der Waals surface area contributed by atoms with Gasteiger partial charge in [0.1, 0.15) is 24.2 Å². The van der Waals surface area contributed by atoms with Crippen LogP contribution in [0.2, 0.25) is 0 Å². The molecule has 0 fully saturated rings. The summed E-state index contributed by atoms with van der Waals surface area (Å²) in [6, 6.07) is 24.4. The van der Waals surface area contributed by atoms with Gasteiger partial charge in [-0.2, -0.15) is 0 Å². The van der Waals surface area contributed by atoms with E-state index in [-0.39, 0.29) is 17.3 Å². The standard InChI is InChI=1S/C30H34O3/c1-4-5-16-27(23-14-10-7-11-15-23)33-25-17-24-19-30(2,3)20-26(31)29(24)28(18-25)32-21-22-12-8-6-9-13-22/h6-15,17-18,27H,4-5,16,19-21H2,1-3H3. The fraction of sp³-hybridized carbons (Fsp3) is 0.367. The molecule has 3 heteroatoms. The molecule has 0 saturated carbocycles. The van der Waals surface area contributed by atoms with E-state index in [4.69, 9.17) is 9.47 Å². The van der Waals surface area contributed by atoms with Gasteiger partial charge in [-0.05, 0) is 47.4 Å². The maximum Gasteiger partial charge on any atom is 0.167 e. The van der Waals surface area contributed by atoms with Crippen LogP contribution in [0.3, 0.4) is 0 Å². The van der Waals surface area contributed by atoms with Gasteiger partial charge >= 0.3 is 0 Å². The molecule has 0 amide bonds. The van der Waals surface area contributed by atoms with Gasteiger partial charge in [-0.15, -0.1) is 0 Å². The van der Waals surface area contributed by atoms with E-state index < -0.39 is 0 Å². The number of ether oxygens (including phenoxy) is 2. The number of Topliss-reactive ketones (excluding diaryl/α,β-unsaturated/α-hetero) is 1. The van der Waals surface area contributed by atoms with Crippen LogP contribution in [0.1, 0.15) is 79.6 Å². The number of hydrogen-bond donors (Lipinski definition) is 0. The average molecular weight is 443 g/mol. The second-order valence-electron chi connectivity index (χ2n) is 9.83. The summed E-state index contributed by atoms with van der Waals surface area (Å²) in [6.45, 7) is 6.93. The molecular formula is C30H34O3. The molecule has 172 valence electrons. The molecule has 3 aromatic carbocycles. The lowest BCUT2D eigenvalue weighted by atomic mass is 9.73. The third-order valence-corrected chi connectivity index (χ3v) is 6.25. The van der Waals surface area contributed by atoms with Gasteiger partial charge in [-0.3, -0.25) is 4.79 Å². The third kappa shape index (κ3) is 5.84. The van der Waals surface area contributed by atoms with Crippen LogP contribution in [0.25, 0.3) is 0 Å². The second kappa shape index (κ2) is 10.2. The predicted octanol–water partition coefficient (Wildman–Crippen LogP) is 7.73. The average Bonchev–Trinajstić information content (AvgIpc) is 2.80. The number of carbonyl (C=O) groups is 1. The number of ketones is 1. The van der Waals surface area contributed by atoms with E-state index in [1.54, 1.807) is 0 Å². The number of fused-ring (bicyclic) bond motifs is 1. The molecule has 1 atom stereocenters. The molecule has 0 aromatic heterocycles. The van der Waals surface area contributed by atoms with Crippen molar-refractivity contribution in [1.29, 1.82) is 0 Å². The van der Waals surface area contributed by atoms with Crippen LogP contribution in [0.5, 0.6) is 11.5 Å². The lowest BCUT2D eigenvalue weighted by molar-refractivity contribution is 0.0906. The van der Waals surface area contributed by atoms with E-state index >= 15 is 0 Å². The summed E-state index contributed by atoms with van der Waals surface area (Å²) in [4.78, 5) is 13.1. The van der Waals surface area contributed by atoms with Crippen molar-refractivity contribution >= 4 is 5.78 Å². The Bertz CT molecular complexity index is 1070. The van der Waals surface area contributed by atoms with E-state index in [2.05, 4.69) is 51.1 Å². The second-order valence-corrected chi connectivity index (χ2v) is 9.83. The maximum absolute atomic E-state index is 13.1. The minimum absolute atomic E-state index is 0.0292. The van der Waals surface area contributed by atoms with Crippen LogP contribution in [-0.2, 0) is 13.0 Å². The van der Waals surface area contributed by atoms with Gasteiger partial charge in [0.15, 0.2) is 5.78 Å². The first-order valence-corrected chi connectivity index (χ1v) is 12.0. The van der Waals surface area contributed by atoms with E-state index in [1.165, 1.54) is 5.56 Å². The number of hydrogen-bond acceptors (Lipinski definition) is 3. The maximum atomic E-state index is 13.1. The van der Waals surface area contributed by atoms with Crippen molar-refractivity contribution in [2.45, 2.75) is 65.6 Å². The first-order chi connectivity index (χ1) is 15.9. The molecule has 4 rings (SSSR count). The monoisotopic (exact) mass is 442 g/mol. The molecule has 0 heterocycles. The van der Waals surface area contributed by atoms with Crippen molar-refractivity contribution in [2.75, 3.05) is 0 Å². The van der Waals surface area contributed by atoms with E-state index in [1.807, 2.05) is 42.5 Å². The zero-order valence-electron chi connectivity index (χ0n) is 20.0. The fourth-order valence-corrected chi connectivity index (χ4v) is 4.63. The highest BCUT2D eigenvalue weighted by Crippen LogP contribution is 2.42. The van der Waals surface area contributed by atoms with Crippen LogP contribution >= 0.6 is 0 Å². The van der Waals surface area contributed by atoms with Gasteiger partial charge in [-0.25, -0.2) is 0 Å². The molecule has 1 unspecified atom stereocenters. The highest BCUT2D eigenvalue weighted by molar-refractivity contribution is 6.01. The van der Waals surface area contributed by atoms with Gasteiger partial charge < -0.3 is 9.47 Å². The number of benzene rings is 3. The Morgan fingerprint density at radius 3 is 2.33 bits per heavy atom. The molecule has 1 aliphatic rings. The summed E-state index contributed by atoms with van der Waals surface area (Å²) in [7, 11) is 0. The zero-order chi connectivity index (χ0) is 23.3. The predicted molar refractivity (Wildman–Crippen MR) is 133 cm³/mol. The Balaban J connectivity index is 1.68. The van der Waals surface area contributed by atoms with Crippen LogP contribution < -0.4 is 9.47 Å². The summed E-state index contributed by atoms with van der Waals surface area (Å²) >= 11 is 0. The smallest absolute Gasteiger partial charge is 0.167 e. The molecule has 0 saturated heterocycles. The molecule has 1 aliphatic carbocycles. The van der Waals surface area contributed by atoms with Crippen molar-refractivity contribution in [1.82, 2.24) is 0 Å². The van der Waals surface area contributed by atoms with Gasteiger partial charge in [0.05, 0.1) is 5.56 Å². The molecule has 3 aromatic rings. The summed E-state index contributed by atoms with van der Waals surface area (Å²) < 4.78 is 12.8. The van der Waals surface area contributed by atoms with E-state index in [0.717, 1.165) is 48.1 Å². The molecule has 0 N–H and O–H groups in total. The Kier molecular flexibility index (Phi) is 7.17. The topological polar surface area (TPSA) is 35.5 Å². The van der Waals surface area contributed by atoms with Crippen LogP contribution in [0.4, 0.5) is 0 Å². The van der Waals surface area contributed by atoms with Crippen molar-refractivity contribution in [3.63, 3.8) is 0 Å². The van der Waals surface area contributed by atoms with Crippen molar-refractivity contribution in [3.8, 4) is 11.5 Å². The SMILES string of the molecule is CCCCC(Oc1cc2c(c(OCc3ccccc3)c1)C(=O)CC(C)(C)C2)c1ccccc1. The molecule has 3 nitrogen and oxygen atoms in total. The minimum atomic E-state index is -0.0690. The zero-order valence-corrected chi connectivity index (χ0v) is 20.0. The quantitative estimate of drug-likeness (QED) is 0.340. The Morgan fingerprint density at radius 1 is 0.939 bits per heavy atom. The van der Waals surface area contributed by atoms with Crippen molar-refractivity contribution in [3.05, 3.63) is 95.1 Å². The van der Waals surface area contributed by atoms with E-state index in [0.29, 0.717) is 18.8 Å². The van der Waals surface area contributed by atoms with Gasteiger partial charge in [0.25, 0.3) is 0 Å². The van der Waals surface area contributed by atoms with Crippen LogP contribution in [-0.4, -0.2) is 5.78 Å². The van der Waals surface area contributed by atoms with Crippen LogP contribution in [0.15, 0.2) is 72.8 Å². The van der Waals surface area contributed by atoms with E-state index in [9.17, 15) is 4.79 Å². The highest BCUT2D eigenvalue weighted by Gasteiger charge is 2.34. The molecule has 0 radical (unpaired) electrons. The Morgan fingerprint density at radius 2 is 1.64 bits per heavy atom.